The Hall–Kier alpha value is -3.85. The van der Waals surface area contributed by atoms with E-state index in [1.165, 1.54) is 12.1 Å². The van der Waals surface area contributed by atoms with Crippen LogP contribution in [0.2, 0.25) is 0 Å². The molecule has 6 rings (SSSR count). The van der Waals surface area contributed by atoms with Crippen LogP contribution in [0.25, 0.3) is 22.7 Å². The molecule has 43 heavy (non-hydrogen) atoms. The number of nitriles is 1. The number of carbonyl (C=O) groups is 1. The van der Waals surface area contributed by atoms with Gasteiger partial charge in [-0.3, -0.25) is 4.79 Å². The van der Waals surface area contributed by atoms with Crippen molar-refractivity contribution in [2.45, 2.75) is 56.2 Å². The second kappa shape index (κ2) is 11.0. The lowest BCUT2D eigenvalue weighted by atomic mass is 9.76. The van der Waals surface area contributed by atoms with Gasteiger partial charge in [0.05, 0.1) is 23.1 Å². The van der Waals surface area contributed by atoms with Crippen molar-refractivity contribution >= 4 is 21.4 Å². The maximum absolute atomic E-state index is 13.5. The lowest BCUT2D eigenvalue weighted by Crippen LogP contribution is -2.42. The van der Waals surface area contributed by atoms with Crippen molar-refractivity contribution in [2.75, 3.05) is 29.5 Å². The Morgan fingerprint density at radius 3 is 2.40 bits per heavy atom. The number of nitrogens with one attached hydrogen (secondary N) is 1. The molecule has 3 fully saturated rings. The van der Waals surface area contributed by atoms with Crippen LogP contribution >= 0.6 is 0 Å². The molecule has 2 saturated carbocycles. The summed E-state index contributed by atoms with van der Waals surface area (Å²) in [7, 11) is -3.04. The number of hydrogen-bond acceptors (Lipinski definition) is 7. The molecular weight excluding hydrogens is 581 g/mol. The Morgan fingerprint density at radius 2 is 1.74 bits per heavy atom. The van der Waals surface area contributed by atoms with Gasteiger partial charge in [-0.05, 0) is 56.0 Å². The molecule has 1 N–H and O–H groups in total. The summed E-state index contributed by atoms with van der Waals surface area (Å²) in [4.78, 5) is 20.1. The minimum absolute atomic E-state index is 0.0295. The van der Waals surface area contributed by atoms with E-state index in [-0.39, 0.29) is 34.8 Å². The summed E-state index contributed by atoms with van der Waals surface area (Å²) >= 11 is 0. The number of aromatic nitrogens is 1. The number of sulfone groups is 1. The molecule has 2 atom stereocenters. The van der Waals surface area contributed by atoms with Gasteiger partial charge in [-0.1, -0.05) is 31.0 Å². The number of rotatable bonds is 6. The van der Waals surface area contributed by atoms with Crippen molar-refractivity contribution in [3.05, 3.63) is 59.9 Å². The highest BCUT2D eigenvalue weighted by molar-refractivity contribution is 7.91. The van der Waals surface area contributed by atoms with Crippen molar-refractivity contribution in [1.29, 1.82) is 5.26 Å². The van der Waals surface area contributed by atoms with Crippen molar-refractivity contribution in [1.82, 2.24) is 10.3 Å². The van der Waals surface area contributed by atoms with E-state index >= 15 is 0 Å². The zero-order valence-electron chi connectivity index (χ0n) is 23.4. The molecule has 226 valence electrons. The Kier molecular flexibility index (Phi) is 7.49. The summed E-state index contributed by atoms with van der Waals surface area (Å²) in [5.41, 5.74) is 0.503. The van der Waals surface area contributed by atoms with Crippen LogP contribution < -0.4 is 10.2 Å². The first-order valence-corrected chi connectivity index (χ1v) is 16.3. The number of halogens is 3. The number of alkyl halides is 3. The Labute approximate surface area is 247 Å². The first-order chi connectivity index (χ1) is 20.5. The molecule has 2 heterocycles. The predicted molar refractivity (Wildman–Crippen MR) is 154 cm³/mol. The molecule has 8 nitrogen and oxygen atoms in total. The second-order valence-corrected chi connectivity index (χ2v) is 14.0. The molecule has 0 spiro atoms. The number of oxazole rings is 1. The molecule has 0 radical (unpaired) electrons. The fourth-order valence-electron chi connectivity index (χ4n) is 6.02. The second-order valence-electron chi connectivity index (χ2n) is 11.7. The molecule has 3 aromatic rings. The summed E-state index contributed by atoms with van der Waals surface area (Å²) < 4.78 is 70.6. The number of nitrogens with zero attached hydrogens (tertiary/aromatic N) is 3. The molecular formula is C31H31F3N4O4S. The zero-order chi connectivity index (χ0) is 30.4. The molecule has 3 aliphatic rings. The van der Waals surface area contributed by atoms with E-state index in [1.807, 2.05) is 29.2 Å². The lowest BCUT2D eigenvalue weighted by molar-refractivity contribution is -0.137. The first kappa shape index (κ1) is 29.2. The van der Waals surface area contributed by atoms with Crippen LogP contribution in [0.1, 0.15) is 55.8 Å². The monoisotopic (exact) mass is 612 g/mol. The zero-order valence-corrected chi connectivity index (χ0v) is 24.2. The van der Waals surface area contributed by atoms with Crippen LogP contribution in [0, 0.1) is 17.2 Å². The van der Waals surface area contributed by atoms with Crippen LogP contribution in [0.4, 0.5) is 18.9 Å². The van der Waals surface area contributed by atoms with E-state index in [2.05, 4.69) is 11.4 Å². The van der Waals surface area contributed by atoms with E-state index in [0.717, 1.165) is 30.7 Å². The van der Waals surface area contributed by atoms with Gasteiger partial charge in [-0.2, -0.15) is 18.4 Å². The third-order valence-electron chi connectivity index (χ3n) is 8.71. The third kappa shape index (κ3) is 6.13. The number of carbonyl (C=O) groups excluding carboxylic acids is 1. The van der Waals surface area contributed by atoms with Gasteiger partial charge in [0.1, 0.15) is 17.0 Å². The first-order valence-electron chi connectivity index (χ1n) is 14.4. The Morgan fingerprint density at radius 1 is 1.05 bits per heavy atom. The maximum atomic E-state index is 13.5. The Bertz CT molecular complexity index is 1660. The van der Waals surface area contributed by atoms with Crippen molar-refractivity contribution in [3.63, 3.8) is 0 Å². The van der Waals surface area contributed by atoms with E-state index < -0.39 is 33.0 Å². The maximum Gasteiger partial charge on any atom is 0.416 e. The van der Waals surface area contributed by atoms with E-state index in [1.54, 1.807) is 0 Å². The van der Waals surface area contributed by atoms with Gasteiger partial charge in [0.15, 0.2) is 9.84 Å². The highest BCUT2D eigenvalue weighted by atomic mass is 32.2. The van der Waals surface area contributed by atoms with Crippen LogP contribution in [0.15, 0.2) is 52.9 Å². The van der Waals surface area contributed by atoms with Crippen molar-refractivity contribution < 1.29 is 30.8 Å². The van der Waals surface area contributed by atoms with Crippen LogP contribution in [0.3, 0.4) is 0 Å². The SMILES string of the molecule is N#CC1(NC(=O)C2CCCCC2c2oc(-c3cccc(C(F)(F)F)c3)nc2-c2ccc(N3CCS(=O)(=O)CC3)cc2)CC1. The molecule has 0 bridgehead atoms. The number of anilines is 1. The van der Waals surface area contributed by atoms with E-state index in [4.69, 9.17) is 9.40 Å². The van der Waals surface area contributed by atoms with Gasteiger partial charge >= 0.3 is 6.18 Å². The molecule has 2 aromatic carbocycles. The predicted octanol–water partition coefficient (Wildman–Crippen LogP) is 5.71. The van der Waals surface area contributed by atoms with Gasteiger partial charge in [0, 0.05) is 41.7 Å². The molecule has 2 aliphatic carbocycles. The summed E-state index contributed by atoms with van der Waals surface area (Å²) in [6.45, 7) is 0.777. The van der Waals surface area contributed by atoms with Crippen molar-refractivity contribution in [3.8, 4) is 28.8 Å². The highest BCUT2D eigenvalue weighted by Crippen LogP contribution is 2.45. The number of amides is 1. The standard InChI is InChI=1S/C31H31F3N4O4S/c32-31(33,34)22-5-3-4-21(18-22)29-36-26(20-8-10-23(11-9-20)38-14-16-43(40,41)17-15-38)27(42-29)24-6-1-2-7-25(24)28(39)37-30(19-35)12-13-30/h3-5,8-11,18,24-25H,1-2,6-7,12-17H2,(H,37,39). The smallest absolute Gasteiger partial charge is 0.416 e. The van der Waals surface area contributed by atoms with Gasteiger partial charge in [-0.15, -0.1) is 0 Å². The van der Waals surface area contributed by atoms with Gasteiger partial charge < -0.3 is 14.6 Å². The molecule has 12 heteroatoms. The average Bonchev–Trinajstić information content (AvgIpc) is 3.63. The van der Waals surface area contributed by atoms with Crippen LogP contribution in [-0.4, -0.2) is 49.4 Å². The van der Waals surface area contributed by atoms with E-state index in [9.17, 15) is 31.6 Å². The third-order valence-corrected chi connectivity index (χ3v) is 10.3. The van der Waals surface area contributed by atoms with Gasteiger partial charge in [-0.25, -0.2) is 13.4 Å². The minimum Gasteiger partial charge on any atom is -0.440 e. The molecule has 1 amide bonds. The highest BCUT2D eigenvalue weighted by Gasteiger charge is 2.47. The van der Waals surface area contributed by atoms with Gasteiger partial charge in [0.2, 0.25) is 11.8 Å². The molecule has 1 aromatic heterocycles. The normalized spacial score (nSPS) is 22.9. The fraction of sp³-hybridized carbons (Fsp3) is 0.452. The largest absolute Gasteiger partial charge is 0.440 e. The summed E-state index contributed by atoms with van der Waals surface area (Å²) in [6.07, 6.45) is -0.434. The summed E-state index contributed by atoms with van der Waals surface area (Å²) in [6, 6.07) is 14.4. The topological polar surface area (TPSA) is 116 Å². The van der Waals surface area contributed by atoms with Crippen molar-refractivity contribution in [2.24, 2.45) is 5.92 Å². The summed E-state index contributed by atoms with van der Waals surface area (Å²) in [5, 5.41) is 12.4. The fourth-order valence-corrected chi connectivity index (χ4v) is 7.22. The van der Waals surface area contributed by atoms with E-state index in [0.29, 0.717) is 55.8 Å². The lowest BCUT2D eigenvalue weighted by Gasteiger charge is -2.30. The molecule has 1 aliphatic heterocycles. The quantitative estimate of drug-likeness (QED) is 0.379. The van der Waals surface area contributed by atoms with Crippen LogP contribution in [-0.2, 0) is 20.8 Å². The summed E-state index contributed by atoms with van der Waals surface area (Å²) in [5.74, 6) is -0.441. The minimum atomic E-state index is -4.54. The number of benzene rings is 2. The molecule has 2 unspecified atom stereocenters. The van der Waals surface area contributed by atoms with Crippen LogP contribution in [0.5, 0.6) is 0 Å². The molecule has 1 saturated heterocycles. The Balaban J connectivity index is 1.37. The van der Waals surface area contributed by atoms with Gasteiger partial charge in [0.25, 0.3) is 0 Å². The number of hydrogen-bond donors (Lipinski definition) is 1. The average molecular weight is 613 g/mol.